The molecule has 66 valence electrons. The van der Waals surface area contributed by atoms with E-state index in [1.807, 2.05) is 0 Å². The van der Waals surface area contributed by atoms with Crippen molar-refractivity contribution in [3.63, 3.8) is 0 Å². The van der Waals surface area contributed by atoms with Gasteiger partial charge in [0.2, 0.25) is 0 Å². The van der Waals surface area contributed by atoms with E-state index >= 15 is 0 Å². The summed E-state index contributed by atoms with van der Waals surface area (Å²) in [5, 5.41) is 3.26. The highest BCUT2D eigenvalue weighted by Crippen LogP contribution is 2.22. The molecule has 0 aliphatic heterocycles. The molecule has 12 heavy (non-hydrogen) atoms. The van der Waals surface area contributed by atoms with E-state index in [0.717, 1.165) is 32.0 Å². The SMILES string of the molecule is C#CCNC1CCC(C=O)CC1. The average Bonchev–Trinajstić information content (AvgIpc) is 2.15. The summed E-state index contributed by atoms with van der Waals surface area (Å²) in [5.41, 5.74) is 0. The third-order valence-corrected chi connectivity index (χ3v) is 2.46. The molecule has 1 N–H and O–H groups in total. The van der Waals surface area contributed by atoms with Gasteiger partial charge in [0.25, 0.3) is 0 Å². The minimum Gasteiger partial charge on any atom is -0.303 e. The van der Waals surface area contributed by atoms with Crippen LogP contribution in [0.2, 0.25) is 0 Å². The molecule has 0 aromatic carbocycles. The van der Waals surface area contributed by atoms with Gasteiger partial charge < -0.3 is 10.1 Å². The maximum atomic E-state index is 10.4. The Kier molecular flexibility index (Phi) is 3.83. The summed E-state index contributed by atoms with van der Waals surface area (Å²) in [6, 6.07) is 0.539. The number of hydrogen-bond acceptors (Lipinski definition) is 2. The van der Waals surface area contributed by atoms with E-state index in [1.165, 1.54) is 0 Å². The Labute approximate surface area is 73.7 Å². The van der Waals surface area contributed by atoms with Crippen molar-refractivity contribution in [2.75, 3.05) is 6.54 Å². The highest BCUT2D eigenvalue weighted by atomic mass is 16.1. The summed E-state index contributed by atoms with van der Waals surface area (Å²) in [6.45, 7) is 0.649. The van der Waals surface area contributed by atoms with Crippen molar-refractivity contribution >= 4 is 6.29 Å². The van der Waals surface area contributed by atoms with Crippen molar-refractivity contribution in [1.82, 2.24) is 5.32 Å². The fourth-order valence-electron chi connectivity index (χ4n) is 1.66. The van der Waals surface area contributed by atoms with Gasteiger partial charge in [-0.25, -0.2) is 0 Å². The predicted molar refractivity (Wildman–Crippen MR) is 48.6 cm³/mol. The van der Waals surface area contributed by atoms with Crippen LogP contribution < -0.4 is 5.32 Å². The first kappa shape index (κ1) is 9.28. The first-order chi connectivity index (χ1) is 5.86. The van der Waals surface area contributed by atoms with Gasteiger partial charge in [-0.05, 0) is 25.7 Å². The van der Waals surface area contributed by atoms with Gasteiger partial charge in [-0.1, -0.05) is 5.92 Å². The number of terminal acetylenes is 1. The van der Waals surface area contributed by atoms with E-state index in [9.17, 15) is 4.79 Å². The van der Waals surface area contributed by atoms with Gasteiger partial charge in [0, 0.05) is 12.0 Å². The van der Waals surface area contributed by atoms with Gasteiger partial charge in [0.1, 0.15) is 6.29 Å². The summed E-state index contributed by atoms with van der Waals surface area (Å²) >= 11 is 0. The van der Waals surface area contributed by atoms with Crippen LogP contribution in [0.3, 0.4) is 0 Å². The second kappa shape index (κ2) is 4.95. The number of rotatable bonds is 3. The summed E-state index contributed by atoms with van der Waals surface area (Å²) in [4.78, 5) is 10.4. The number of aldehydes is 1. The van der Waals surface area contributed by atoms with Gasteiger partial charge in [-0.3, -0.25) is 0 Å². The standard InChI is InChI=1S/C10H15NO/c1-2-7-11-10-5-3-9(8-12)4-6-10/h1,8-11H,3-7H2. The molecule has 0 unspecified atom stereocenters. The van der Waals surface area contributed by atoms with Gasteiger partial charge in [0.15, 0.2) is 0 Å². The third kappa shape index (κ3) is 2.67. The molecule has 2 nitrogen and oxygen atoms in total. The topological polar surface area (TPSA) is 29.1 Å². The molecule has 1 aliphatic carbocycles. The highest BCUT2D eigenvalue weighted by Gasteiger charge is 2.19. The average molecular weight is 165 g/mol. The molecule has 1 aliphatic rings. The third-order valence-electron chi connectivity index (χ3n) is 2.46. The molecule has 1 fully saturated rings. The number of hydrogen-bond donors (Lipinski definition) is 1. The van der Waals surface area contributed by atoms with Crippen LogP contribution in [-0.2, 0) is 4.79 Å². The van der Waals surface area contributed by atoms with Crippen LogP contribution in [0, 0.1) is 18.3 Å². The Morgan fingerprint density at radius 3 is 2.58 bits per heavy atom. The molecule has 0 bridgehead atoms. The lowest BCUT2D eigenvalue weighted by atomic mass is 9.87. The molecule has 0 spiro atoms. The largest absolute Gasteiger partial charge is 0.303 e. The Morgan fingerprint density at radius 1 is 1.42 bits per heavy atom. The van der Waals surface area contributed by atoms with Gasteiger partial charge in [-0.2, -0.15) is 0 Å². The monoisotopic (exact) mass is 165 g/mol. The summed E-state index contributed by atoms with van der Waals surface area (Å²) < 4.78 is 0. The van der Waals surface area contributed by atoms with Crippen molar-refractivity contribution < 1.29 is 4.79 Å². The minimum absolute atomic E-state index is 0.300. The Hall–Kier alpha value is -0.810. The Balaban J connectivity index is 2.18. The summed E-state index contributed by atoms with van der Waals surface area (Å²) in [7, 11) is 0. The lowest BCUT2D eigenvalue weighted by Gasteiger charge is -2.25. The fourth-order valence-corrected chi connectivity index (χ4v) is 1.66. The van der Waals surface area contributed by atoms with Crippen molar-refractivity contribution in [2.24, 2.45) is 5.92 Å². The molecule has 0 saturated heterocycles. The zero-order valence-electron chi connectivity index (χ0n) is 7.25. The lowest BCUT2D eigenvalue weighted by Crippen LogP contribution is -2.33. The fraction of sp³-hybridized carbons (Fsp3) is 0.700. The molecule has 0 atom stereocenters. The van der Waals surface area contributed by atoms with Crippen molar-refractivity contribution in [3.8, 4) is 12.3 Å². The maximum Gasteiger partial charge on any atom is 0.123 e. The smallest absolute Gasteiger partial charge is 0.123 e. The molecule has 0 aromatic heterocycles. The Morgan fingerprint density at radius 2 is 2.08 bits per heavy atom. The van der Waals surface area contributed by atoms with Crippen molar-refractivity contribution in [3.05, 3.63) is 0 Å². The van der Waals surface area contributed by atoms with Gasteiger partial charge >= 0.3 is 0 Å². The van der Waals surface area contributed by atoms with Crippen LogP contribution in [0.25, 0.3) is 0 Å². The molecular formula is C10H15NO. The van der Waals surface area contributed by atoms with E-state index in [4.69, 9.17) is 6.42 Å². The van der Waals surface area contributed by atoms with Crippen LogP contribution in [-0.4, -0.2) is 18.9 Å². The van der Waals surface area contributed by atoms with Crippen LogP contribution in [0.1, 0.15) is 25.7 Å². The second-order valence-electron chi connectivity index (χ2n) is 3.33. The van der Waals surface area contributed by atoms with E-state index in [0.29, 0.717) is 18.5 Å². The van der Waals surface area contributed by atoms with Crippen molar-refractivity contribution in [2.45, 2.75) is 31.7 Å². The first-order valence-corrected chi connectivity index (χ1v) is 4.49. The maximum absolute atomic E-state index is 10.4. The molecule has 0 heterocycles. The minimum atomic E-state index is 0.300. The number of nitrogens with one attached hydrogen (secondary N) is 1. The first-order valence-electron chi connectivity index (χ1n) is 4.49. The van der Waals surface area contributed by atoms with E-state index < -0.39 is 0 Å². The summed E-state index contributed by atoms with van der Waals surface area (Å²) in [5.74, 6) is 2.86. The molecule has 2 heteroatoms. The zero-order valence-corrected chi connectivity index (χ0v) is 7.25. The van der Waals surface area contributed by atoms with Crippen LogP contribution in [0.15, 0.2) is 0 Å². The molecule has 1 rings (SSSR count). The summed E-state index contributed by atoms with van der Waals surface area (Å²) in [6.07, 6.45) is 10.4. The quantitative estimate of drug-likeness (QED) is 0.498. The molecule has 1 saturated carbocycles. The highest BCUT2D eigenvalue weighted by molar-refractivity contribution is 5.53. The molecular weight excluding hydrogens is 150 g/mol. The normalized spacial score (nSPS) is 29.2. The molecule has 0 radical (unpaired) electrons. The van der Waals surface area contributed by atoms with E-state index in [1.54, 1.807) is 0 Å². The number of carbonyl (C=O) groups is 1. The zero-order chi connectivity index (χ0) is 8.81. The molecule has 0 amide bonds. The lowest BCUT2D eigenvalue weighted by molar-refractivity contribution is -0.111. The van der Waals surface area contributed by atoms with E-state index in [-0.39, 0.29) is 0 Å². The molecule has 0 aromatic rings. The van der Waals surface area contributed by atoms with Gasteiger partial charge in [-0.15, -0.1) is 6.42 Å². The van der Waals surface area contributed by atoms with E-state index in [2.05, 4.69) is 11.2 Å². The van der Waals surface area contributed by atoms with Crippen LogP contribution in [0.5, 0.6) is 0 Å². The van der Waals surface area contributed by atoms with Crippen LogP contribution in [0.4, 0.5) is 0 Å². The second-order valence-corrected chi connectivity index (χ2v) is 3.33. The number of carbonyl (C=O) groups excluding carboxylic acids is 1. The van der Waals surface area contributed by atoms with Crippen LogP contribution >= 0.6 is 0 Å². The van der Waals surface area contributed by atoms with Gasteiger partial charge in [0.05, 0.1) is 6.54 Å². The Bertz CT molecular complexity index is 175. The predicted octanol–water partition coefficient (Wildman–Crippen LogP) is 0.967. The van der Waals surface area contributed by atoms with Crippen molar-refractivity contribution in [1.29, 1.82) is 0 Å².